The van der Waals surface area contributed by atoms with Crippen molar-refractivity contribution in [2.24, 2.45) is 5.92 Å². The second kappa shape index (κ2) is 6.22. The number of methoxy groups -OCH3 is 1. The Morgan fingerprint density at radius 3 is 2.95 bits per heavy atom. The van der Waals surface area contributed by atoms with Gasteiger partial charge in [0.05, 0.1) is 24.0 Å². The van der Waals surface area contributed by atoms with E-state index in [-0.39, 0.29) is 5.92 Å². The summed E-state index contributed by atoms with van der Waals surface area (Å²) in [5.74, 6) is 0.833. The topological polar surface area (TPSA) is 61.2 Å². The van der Waals surface area contributed by atoms with Gasteiger partial charge in [0.1, 0.15) is 0 Å². The molecule has 1 heterocycles. The molecule has 1 aliphatic carbocycles. The zero-order valence-electron chi connectivity index (χ0n) is 11.6. The summed E-state index contributed by atoms with van der Waals surface area (Å²) in [6.07, 6.45) is 3.23. The van der Waals surface area contributed by atoms with Crippen LogP contribution in [0, 0.1) is 17.2 Å². The lowest BCUT2D eigenvalue weighted by Crippen LogP contribution is -2.31. The minimum Gasteiger partial charge on any atom is -0.480 e. The molecule has 0 saturated heterocycles. The summed E-state index contributed by atoms with van der Waals surface area (Å²) in [7, 11) is 5.59. The number of hydrogen-bond donors (Lipinski definition) is 1. The molecule has 0 amide bonds. The Balaban J connectivity index is 2.01. The van der Waals surface area contributed by atoms with Crippen molar-refractivity contribution in [3.8, 4) is 11.9 Å². The van der Waals surface area contributed by atoms with E-state index < -0.39 is 0 Å². The highest BCUT2D eigenvalue weighted by molar-refractivity contribution is 7.15. The van der Waals surface area contributed by atoms with Gasteiger partial charge in [-0.25, -0.2) is 0 Å². The zero-order valence-corrected chi connectivity index (χ0v) is 12.5. The van der Waals surface area contributed by atoms with Gasteiger partial charge in [-0.3, -0.25) is 0 Å². The molecule has 5 nitrogen and oxygen atoms in total. The highest BCUT2D eigenvalue weighted by Crippen LogP contribution is 2.31. The van der Waals surface area contributed by atoms with Crippen LogP contribution >= 0.6 is 11.3 Å². The van der Waals surface area contributed by atoms with Gasteiger partial charge in [0, 0.05) is 26.7 Å². The third-order valence-corrected chi connectivity index (χ3v) is 4.64. The maximum Gasteiger partial charge on any atom is 0.230 e. The molecule has 6 heteroatoms. The van der Waals surface area contributed by atoms with E-state index in [2.05, 4.69) is 16.4 Å². The van der Waals surface area contributed by atoms with E-state index in [1.807, 2.05) is 19.0 Å². The number of ether oxygens (including phenoxy) is 1. The molecular weight excluding hydrogens is 260 g/mol. The first-order valence-corrected chi connectivity index (χ1v) is 7.31. The molecule has 0 aliphatic heterocycles. The van der Waals surface area contributed by atoms with Gasteiger partial charge in [-0.05, 0) is 12.8 Å². The molecule has 104 valence electrons. The first-order chi connectivity index (χ1) is 9.15. The quantitative estimate of drug-likeness (QED) is 0.894. The fourth-order valence-electron chi connectivity index (χ4n) is 2.37. The van der Waals surface area contributed by atoms with E-state index in [1.165, 1.54) is 0 Å². The molecule has 1 N–H and O–H groups in total. The van der Waals surface area contributed by atoms with Crippen molar-refractivity contribution in [2.75, 3.05) is 26.1 Å². The smallest absolute Gasteiger partial charge is 0.230 e. The largest absolute Gasteiger partial charge is 0.480 e. The van der Waals surface area contributed by atoms with Gasteiger partial charge in [0.25, 0.3) is 0 Å². The molecule has 2 rings (SSSR count). The van der Waals surface area contributed by atoms with Crippen LogP contribution < -0.4 is 15.0 Å². The molecular formula is C13H20N4OS. The molecule has 0 spiro atoms. The van der Waals surface area contributed by atoms with Crippen molar-refractivity contribution < 1.29 is 4.74 Å². The maximum absolute atomic E-state index is 9.08. The highest BCUT2D eigenvalue weighted by atomic mass is 32.1. The van der Waals surface area contributed by atoms with Crippen molar-refractivity contribution >= 4 is 16.5 Å². The van der Waals surface area contributed by atoms with Crippen LogP contribution in [0.3, 0.4) is 0 Å². The van der Waals surface area contributed by atoms with Crippen molar-refractivity contribution in [3.63, 3.8) is 0 Å². The van der Waals surface area contributed by atoms with Crippen molar-refractivity contribution in [2.45, 2.75) is 31.8 Å². The number of rotatable bonds is 5. The van der Waals surface area contributed by atoms with Crippen molar-refractivity contribution in [3.05, 3.63) is 4.88 Å². The summed E-state index contributed by atoms with van der Waals surface area (Å²) in [5.41, 5.74) is 0. The Labute approximate surface area is 118 Å². The SMILES string of the molecule is COc1nc(N(C)C)sc1CNC1CCCC1C#N. The summed E-state index contributed by atoms with van der Waals surface area (Å²) < 4.78 is 5.31. The monoisotopic (exact) mass is 280 g/mol. The van der Waals surface area contributed by atoms with Crippen LogP contribution in [0.25, 0.3) is 0 Å². The minimum atomic E-state index is 0.146. The van der Waals surface area contributed by atoms with Gasteiger partial charge in [-0.15, -0.1) is 0 Å². The van der Waals surface area contributed by atoms with Gasteiger partial charge >= 0.3 is 0 Å². The minimum absolute atomic E-state index is 0.146. The predicted octanol–water partition coefficient (Wildman–Crippen LogP) is 2.00. The normalized spacial score (nSPS) is 22.2. The zero-order chi connectivity index (χ0) is 13.8. The molecule has 0 radical (unpaired) electrons. The Kier molecular flexibility index (Phi) is 4.61. The number of aromatic nitrogens is 1. The number of nitrogens with zero attached hydrogens (tertiary/aromatic N) is 3. The lowest BCUT2D eigenvalue weighted by atomic mass is 10.1. The Hall–Kier alpha value is -1.32. The van der Waals surface area contributed by atoms with Crippen molar-refractivity contribution in [1.82, 2.24) is 10.3 Å². The molecule has 2 unspecified atom stereocenters. The number of nitrogens with one attached hydrogen (secondary N) is 1. The number of nitriles is 1. The second-order valence-corrected chi connectivity index (χ2v) is 6.04. The number of hydrogen-bond acceptors (Lipinski definition) is 6. The third kappa shape index (κ3) is 3.17. The third-order valence-electron chi connectivity index (χ3n) is 3.43. The number of anilines is 1. The standard InChI is InChI=1S/C13H20N4OS/c1-17(2)13-16-12(18-3)11(19-13)8-15-10-6-4-5-9(10)7-14/h9-10,15H,4-6,8H2,1-3H3. The average Bonchev–Trinajstić information content (AvgIpc) is 3.02. The van der Waals surface area contributed by atoms with Crippen LogP contribution in [-0.2, 0) is 6.54 Å². The molecule has 1 saturated carbocycles. The van der Waals surface area contributed by atoms with Crippen LogP contribution in [0.2, 0.25) is 0 Å². The van der Waals surface area contributed by atoms with Crippen LogP contribution in [0.5, 0.6) is 5.88 Å². The van der Waals surface area contributed by atoms with Gasteiger partial charge in [-0.2, -0.15) is 10.2 Å². The number of thiazole rings is 1. The average molecular weight is 280 g/mol. The molecule has 19 heavy (non-hydrogen) atoms. The summed E-state index contributed by atoms with van der Waals surface area (Å²) in [4.78, 5) is 7.50. The van der Waals surface area contributed by atoms with Crippen LogP contribution in [0.1, 0.15) is 24.1 Å². The molecule has 0 aromatic carbocycles. The predicted molar refractivity (Wildman–Crippen MR) is 76.6 cm³/mol. The van der Waals surface area contributed by atoms with Crippen LogP contribution in [-0.4, -0.2) is 32.2 Å². The van der Waals surface area contributed by atoms with Gasteiger partial charge < -0.3 is 15.0 Å². The first-order valence-electron chi connectivity index (χ1n) is 6.49. The van der Waals surface area contributed by atoms with E-state index in [0.29, 0.717) is 11.9 Å². The molecule has 1 aromatic heterocycles. The first kappa shape index (κ1) is 14.1. The lowest BCUT2D eigenvalue weighted by Gasteiger charge is -2.14. The maximum atomic E-state index is 9.08. The summed E-state index contributed by atoms with van der Waals surface area (Å²) in [5, 5.41) is 13.5. The van der Waals surface area contributed by atoms with E-state index in [9.17, 15) is 0 Å². The van der Waals surface area contributed by atoms with Gasteiger partial charge in [0.15, 0.2) is 5.13 Å². The van der Waals surface area contributed by atoms with E-state index >= 15 is 0 Å². The fraction of sp³-hybridized carbons (Fsp3) is 0.692. The molecule has 1 fully saturated rings. The summed E-state index contributed by atoms with van der Waals surface area (Å²) >= 11 is 1.63. The summed E-state index contributed by atoms with van der Waals surface area (Å²) in [6.45, 7) is 0.720. The van der Waals surface area contributed by atoms with Crippen LogP contribution in [0.15, 0.2) is 0 Å². The van der Waals surface area contributed by atoms with E-state index in [0.717, 1.165) is 35.8 Å². The fourth-order valence-corrected chi connectivity index (χ4v) is 3.27. The van der Waals surface area contributed by atoms with E-state index in [1.54, 1.807) is 18.4 Å². The second-order valence-electron chi connectivity index (χ2n) is 4.98. The van der Waals surface area contributed by atoms with Crippen molar-refractivity contribution in [1.29, 1.82) is 5.26 Å². The van der Waals surface area contributed by atoms with Gasteiger partial charge in [-0.1, -0.05) is 17.8 Å². The molecule has 0 bridgehead atoms. The molecule has 1 aromatic rings. The Bertz CT molecular complexity index is 466. The van der Waals surface area contributed by atoms with E-state index in [4.69, 9.17) is 10.00 Å². The van der Waals surface area contributed by atoms with Gasteiger partial charge in [0.2, 0.25) is 5.88 Å². The highest BCUT2D eigenvalue weighted by Gasteiger charge is 2.27. The molecule has 2 atom stereocenters. The summed E-state index contributed by atoms with van der Waals surface area (Å²) in [6, 6.07) is 2.69. The Morgan fingerprint density at radius 2 is 2.32 bits per heavy atom. The lowest BCUT2D eigenvalue weighted by molar-refractivity contribution is 0.390. The van der Waals surface area contributed by atoms with Crippen LogP contribution in [0.4, 0.5) is 5.13 Å². The molecule has 1 aliphatic rings. The Morgan fingerprint density at radius 1 is 1.53 bits per heavy atom.